The van der Waals surface area contributed by atoms with E-state index in [1.165, 1.54) is 14.5 Å². The van der Waals surface area contributed by atoms with Gasteiger partial charge in [0.05, 0.1) is 5.52 Å². The molecule has 0 saturated heterocycles. The Morgan fingerprint density at radius 3 is 2.60 bits per heavy atom. The van der Waals surface area contributed by atoms with Crippen LogP contribution < -0.4 is 5.32 Å². The predicted octanol–water partition coefficient (Wildman–Crippen LogP) is 4.76. The summed E-state index contributed by atoms with van der Waals surface area (Å²) in [7, 11) is 0. The summed E-state index contributed by atoms with van der Waals surface area (Å²) in [6.45, 7) is 2.85. The fraction of sp³-hybridized carbons (Fsp3) is 0.118. The molecule has 0 amide bonds. The van der Waals surface area contributed by atoms with E-state index in [4.69, 9.17) is 0 Å². The van der Waals surface area contributed by atoms with Gasteiger partial charge in [0.2, 0.25) is 0 Å². The van der Waals surface area contributed by atoms with E-state index < -0.39 is 0 Å². The van der Waals surface area contributed by atoms with Crippen LogP contribution in [0.2, 0.25) is 0 Å². The van der Waals surface area contributed by atoms with E-state index in [1.54, 1.807) is 0 Å². The molecule has 3 aromatic rings. The third kappa shape index (κ3) is 2.93. The van der Waals surface area contributed by atoms with E-state index in [1.807, 2.05) is 13.0 Å². The third-order valence-corrected chi connectivity index (χ3v) is 3.98. The van der Waals surface area contributed by atoms with Gasteiger partial charge in [0.15, 0.2) is 0 Å². The van der Waals surface area contributed by atoms with Crippen molar-refractivity contribution in [1.82, 2.24) is 4.98 Å². The highest BCUT2D eigenvalue weighted by Crippen LogP contribution is 2.20. The van der Waals surface area contributed by atoms with Gasteiger partial charge < -0.3 is 5.32 Å². The minimum Gasteiger partial charge on any atom is -0.381 e. The fourth-order valence-corrected chi connectivity index (χ4v) is 2.67. The molecule has 0 fully saturated rings. The Balaban J connectivity index is 1.88. The van der Waals surface area contributed by atoms with Gasteiger partial charge in [0.25, 0.3) is 0 Å². The van der Waals surface area contributed by atoms with Crippen molar-refractivity contribution >= 4 is 39.2 Å². The summed E-state index contributed by atoms with van der Waals surface area (Å²) < 4.78 is 1.25. The van der Waals surface area contributed by atoms with E-state index in [0.717, 1.165) is 23.4 Å². The Labute approximate surface area is 132 Å². The molecule has 1 aromatic heterocycles. The maximum atomic E-state index is 4.57. The molecule has 0 spiro atoms. The zero-order chi connectivity index (χ0) is 13.9. The van der Waals surface area contributed by atoms with Gasteiger partial charge >= 0.3 is 0 Å². The molecule has 0 radical (unpaired) electrons. The average molecular weight is 374 g/mol. The zero-order valence-corrected chi connectivity index (χ0v) is 13.4. The summed E-state index contributed by atoms with van der Waals surface area (Å²) in [6.07, 6.45) is 0. The lowest BCUT2D eigenvalue weighted by Crippen LogP contribution is -2.01. The number of benzene rings is 2. The second kappa shape index (κ2) is 5.79. The minimum absolute atomic E-state index is 0.810. The Morgan fingerprint density at radius 2 is 1.80 bits per heavy atom. The standard InChI is InChI=1S/C17H15IN2/c1-12-10-13(16-4-2-3-5-17(16)20-12)11-19-15-8-6-14(18)7-9-15/h2-10,19H,11H2,1H3. The van der Waals surface area contributed by atoms with Crippen LogP contribution >= 0.6 is 22.6 Å². The maximum Gasteiger partial charge on any atom is 0.0708 e. The van der Waals surface area contributed by atoms with Crippen LogP contribution in [-0.4, -0.2) is 4.98 Å². The van der Waals surface area contributed by atoms with Crippen molar-refractivity contribution in [3.8, 4) is 0 Å². The van der Waals surface area contributed by atoms with Gasteiger partial charge in [0, 0.05) is 26.9 Å². The number of aryl methyl sites for hydroxylation is 1. The first-order chi connectivity index (χ1) is 9.72. The minimum atomic E-state index is 0.810. The Kier molecular flexibility index (Phi) is 3.87. The molecule has 0 bridgehead atoms. The van der Waals surface area contributed by atoms with Crippen LogP contribution in [0.1, 0.15) is 11.3 Å². The van der Waals surface area contributed by atoms with E-state index in [2.05, 4.69) is 81.4 Å². The molecule has 0 aliphatic heterocycles. The number of halogens is 1. The molecule has 3 heteroatoms. The van der Waals surface area contributed by atoms with E-state index in [-0.39, 0.29) is 0 Å². The Morgan fingerprint density at radius 1 is 1.05 bits per heavy atom. The number of hydrogen-bond donors (Lipinski definition) is 1. The second-order valence-electron chi connectivity index (χ2n) is 4.80. The van der Waals surface area contributed by atoms with Gasteiger partial charge in [-0.1, -0.05) is 18.2 Å². The number of hydrogen-bond acceptors (Lipinski definition) is 2. The third-order valence-electron chi connectivity index (χ3n) is 3.26. The van der Waals surface area contributed by atoms with Crippen molar-refractivity contribution in [1.29, 1.82) is 0 Å². The molecule has 3 rings (SSSR count). The van der Waals surface area contributed by atoms with Crippen LogP contribution in [0.4, 0.5) is 5.69 Å². The molecule has 0 aliphatic carbocycles. The van der Waals surface area contributed by atoms with E-state index in [9.17, 15) is 0 Å². The normalized spacial score (nSPS) is 10.7. The summed E-state index contributed by atoms with van der Waals surface area (Å²) in [4.78, 5) is 4.57. The van der Waals surface area contributed by atoms with Crippen molar-refractivity contribution in [2.24, 2.45) is 0 Å². The number of fused-ring (bicyclic) bond motifs is 1. The molecule has 2 aromatic carbocycles. The SMILES string of the molecule is Cc1cc(CNc2ccc(I)cc2)c2ccccc2n1. The summed E-state index contributed by atoms with van der Waals surface area (Å²) in [6, 6.07) is 18.9. The Hall–Kier alpha value is -1.62. The van der Waals surface area contributed by atoms with Crippen molar-refractivity contribution in [3.63, 3.8) is 0 Å². The molecule has 1 heterocycles. The first-order valence-electron chi connectivity index (χ1n) is 6.57. The number of rotatable bonds is 3. The van der Waals surface area contributed by atoms with Crippen LogP contribution in [0.5, 0.6) is 0 Å². The lowest BCUT2D eigenvalue weighted by molar-refractivity contribution is 1.13. The summed E-state index contributed by atoms with van der Waals surface area (Å²) in [5, 5.41) is 4.70. The summed E-state index contributed by atoms with van der Waals surface area (Å²) in [5.41, 5.74) is 4.55. The molecular weight excluding hydrogens is 359 g/mol. The molecule has 100 valence electrons. The molecule has 1 N–H and O–H groups in total. The van der Waals surface area contributed by atoms with Gasteiger partial charge in [0.1, 0.15) is 0 Å². The van der Waals surface area contributed by atoms with Gasteiger partial charge in [-0.2, -0.15) is 0 Å². The van der Waals surface area contributed by atoms with Crippen LogP contribution in [0.15, 0.2) is 54.6 Å². The van der Waals surface area contributed by atoms with E-state index >= 15 is 0 Å². The van der Waals surface area contributed by atoms with E-state index in [0.29, 0.717) is 0 Å². The Bertz CT molecular complexity index is 736. The zero-order valence-electron chi connectivity index (χ0n) is 11.2. The van der Waals surface area contributed by atoms with Crippen LogP contribution in [-0.2, 0) is 6.54 Å². The van der Waals surface area contributed by atoms with Crippen LogP contribution in [0.3, 0.4) is 0 Å². The smallest absolute Gasteiger partial charge is 0.0708 e. The second-order valence-corrected chi connectivity index (χ2v) is 6.05. The van der Waals surface area contributed by atoms with Crippen molar-refractivity contribution in [2.45, 2.75) is 13.5 Å². The number of nitrogens with zero attached hydrogens (tertiary/aromatic N) is 1. The maximum absolute atomic E-state index is 4.57. The summed E-state index contributed by atoms with van der Waals surface area (Å²) in [5.74, 6) is 0. The largest absolute Gasteiger partial charge is 0.381 e. The van der Waals surface area contributed by atoms with Gasteiger partial charge in [-0.3, -0.25) is 4.98 Å². The first-order valence-corrected chi connectivity index (χ1v) is 7.65. The van der Waals surface area contributed by atoms with Gasteiger partial charge in [-0.15, -0.1) is 0 Å². The molecule has 0 saturated carbocycles. The van der Waals surface area contributed by atoms with Gasteiger partial charge in [-0.05, 0) is 71.5 Å². The lowest BCUT2D eigenvalue weighted by Gasteiger charge is -2.10. The molecule has 2 nitrogen and oxygen atoms in total. The summed E-state index contributed by atoms with van der Waals surface area (Å²) >= 11 is 2.32. The number of para-hydroxylation sites is 1. The average Bonchev–Trinajstić information content (AvgIpc) is 2.46. The lowest BCUT2D eigenvalue weighted by atomic mass is 10.1. The molecule has 20 heavy (non-hydrogen) atoms. The number of pyridine rings is 1. The first kappa shape index (κ1) is 13.4. The number of anilines is 1. The van der Waals surface area contributed by atoms with Crippen LogP contribution in [0, 0.1) is 10.5 Å². The van der Waals surface area contributed by atoms with Crippen molar-refractivity contribution < 1.29 is 0 Å². The molecule has 0 atom stereocenters. The van der Waals surface area contributed by atoms with Crippen molar-refractivity contribution in [2.75, 3.05) is 5.32 Å². The highest BCUT2D eigenvalue weighted by molar-refractivity contribution is 14.1. The molecule has 0 aliphatic rings. The fourth-order valence-electron chi connectivity index (χ4n) is 2.31. The predicted molar refractivity (Wildman–Crippen MR) is 93.0 cm³/mol. The van der Waals surface area contributed by atoms with Crippen molar-refractivity contribution in [3.05, 3.63) is 69.4 Å². The number of nitrogens with one attached hydrogen (secondary N) is 1. The quantitative estimate of drug-likeness (QED) is 0.669. The monoisotopic (exact) mass is 374 g/mol. The number of aromatic nitrogens is 1. The topological polar surface area (TPSA) is 24.9 Å². The molecular formula is C17H15IN2. The van der Waals surface area contributed by atoms with Crippen LogP contribution in [0.25, 0.3) is 10.9 Å². The van der Waals surface area contributed by atoms with Gasteiger partial charge in [-0.25, -0.2) is 0 Å². The highest BCUT2D eigenvalue weighted by atomic mass is 127. The highest BCUT2D eigenvalue weighted by Gasteiger charge is 2.03. The molecule has 0 unspecified atom stereocenters.